The number of nitrogens with zero attached hydrogens (tertiary/aromatic N) is 2. The van der Waals surface area contributed by atoms with E-state index in [2.05, 4.69) is 23.8 Å². The predicted molar refractivity (Wildman–Crippen MR) is 69.6 cm³/mol. The van der Waals surface area contributed by atoms with Crippen LogP contribution in [0.3, 0.4) is 0 Å². The fourth-order valence-corrected chi connectivity index (χ4v) is 2.11. The third-order valence-corrected chi connectivity index (χ3v) is 3.42. The van der Waals surface area contributed by atoms with Crippen LogP contribution in [0.15, 0.2) is 18.2 Å². The molecule has 16 heavy (non-hydrogen) atoms. The number of rotatable bonds is 1. The van der Waals surface area contributed by atoms with E-state index >= 15 is 0 Å². The number of nitrogens with two attached hydrogens (primary N) is 2. The maximum atomic E-state index is 6.01. The molecule has 1 aliphatic heterocycles. The first-order valence-corrected chi connectivity index (χ1v) is 5.68. The average molecular weight is 220 g/mol. The lowest BCUT2D eigenvalue weighted by Gasteiger charge is -2.39. The highest BCUT2D eigenvalue weighted by molar-refractivity contribution is 5.79. The van der Waals surface area contributed by atoms with Crippen LogP contribution in [0.2, 0.25) is 0 Å². The van der Waals surface area contributed by atoms with Crippen molar-refractivity contribution in [2.24, 2.45) is 0 Å². The van der Waals surface area contributed by atoms with Gasteiger partial charge in [-0.05, 0) is 26.1 Å². The number of para-hydroxylation sites is 1. The smallest absolute Gasteiger partial charge is 0.0785 e. The highest BCUT2D eigenvalue weighted by atomic mass is 15.3. The zero-order valence-corrected chi connectivity index (χ0v) is 9.98. The first-order valence-electron chi connectivity index (χ1n) is 5.68. The van der Waals surface area contributed by atoms with E-state index in [1.165, 1.54) is 0 Å². The molecule has 0 amide bonds. The summed E-state index contributed by atoms with van der Waals surface area (Å²) in [5, 5.41) is 0. The Labute approximate surface area is 96.8 Å². The van der Waals surface area contributed by atoms with E-state index in [-0.39, 0.29) is 0 Å². The Morgan fingerprint density at radius 2 is 2.00 bits per heavy atom. The van der Waals surface area contributed by atoms with Crippen molar-refractivity contribution < 1.29 is 0 Å². The molecule has 0 bridgehead atoms. The van der Waals surface area contributed by atoms with Gasteiger partial charge in [0.2, 0.25) is 0 Å². The minimum atomic E-state index is 0.551. The largest absolute Gasteiger partial charge is 0.397 e. The van der Waals surface area contributed by atoms with Crippen molar-refractivity contribution in [2.45, 2.75) is 13.0 Å². The van der Waals surface area contributed by atoms with Crippen molar-refractivity contribution in [3.05, 3.63) is 18.2 Å². The normalized spacial score (nSPS) is 22.4. The molecule has 2 rings (SSSR count). The topological polar surface area (TPSA) is 58.5 Å². The SMILES string of the molecule is CC1CN(c2cccc(N)c2N)CCN1C. The summed E-state index contributed by atoms with van der Waals surface area (Å²) < 4.78 is 0. The number of hydrogen-bond acceptors (Lipinski definition) is 4. The first-order chi connectivity index (χ1) is 7.59. The maximum absolute atomic E-state index is 6.01. The molecule has 0 aromatic heterocycles. The van der Waals surface area contributed by atoms with Crippen LogP contribution in [-0.2, 0) is 0 Å². The highest BCUT2D eigenvalue weighted by Crippen LogP contribution is 2.29. The number of piperazine rings is 1. The highest BCUT2D eigenvalue weighted by Gasteiger charge is 2.22. The van der Waals surface area contributed by atoms with Crippen molar-refractivity contribution in [3.8, 4) is 0 Å². The molecule has 4 nitrogen and oxygen atoms in total. The molecule has 0 saturated carbocycles. The molecule has 1 aromatic rings. The summed E-state index contributed by atoms with van der Waals surface area (Å²) in [4.78, 5) is 4.68. The van der Waals surface area contributed by atoms with Crippen LogP contribution >= 0.6 is 0 Å². The third-order valence-electron chi connectivity index (χ3n) is 3.42. The minimum Gasteiger partial charge on any atom is -0.397 e. The van der Waals surface area contributed by atoms with Gasteiger partial charge in [0, 0.05) is 25.7 Å². The van der Waals surface area contributed by atoms with E-state index in [4.69, 9.17) is 11.5 Å². The van der Waals surface area contributed by atoms with Crippen LogP contribution in [0, 0.1) is 0 Å². The Morgan fingerprint density at radius 3 is 2.69 bits per heavy atom. The lowest BCUT2D eigenvalue weighted by molar-refractivity contribution is 0.234. The summed E-state index contributed by atoms with van der Waals surface area (Å²) in [6, 6.07) is 6.40. The van der Waals surface area contributed by atoms with E-state index in [1.54, 1.807) is 0 Å². The standard InChI is InChI=1S/C12H20N4/c1-9-8-16(7-6-15(9)2)11-5-3-4-10(13)12(11)14/h3-5,9H,6-8,13-14H2,1-2H3. The van der Waals surface area contributed by atoms with Crippen LogP contribution < -0.4 is 16.4 Å². The predicted octanol–water partition coefficient (Wildman–Crippen LogP) is 0.991. The summed E-state index contributed by atoms with van der Waals surface area (Å²) in [5.74, 6) is 0. The zero-order valence-electron chi connectivity index (χ0n) is 9.98. The number of benzene rings is 1. The van der Waals surface area contributed by atoms with Gasteiger partial charge < -0.3 is 21.3 Å². The molecule has 88 valence electrons. The fourth-order valence-electron chi connectivity index (χ4n) is 2.11. The summed E-state index contributed by atoms with van der Waals surface area (Å²) in [6.45, 7) is 5.31. The van der Waals surface area contributed by atoms with Gasteiger partial charge in [0.1, 0.15) is 0 Å². The summed E-state index contributed by atoms with van der Waals surface area (Å²) in [7, 11) is 2.16. The van der Waals surface area contributed by atoms with E-state index < -0.39 is 0 Å². The summed E-state index contributed by atoms with van der Waals surface area (Å²) in [5.41, 5.74) is 14.3. The lowest BCUT2D eigenvalue weighted by Crippen LogP contribution is -2.50. The number of anilines is 3. The van der Waals surface area contributed by atoms with Crippen molar-refractivity contribution in [3.63, 3.8) is 0 Å². The van der Waals surface area contributed by atoms with Gasteiger partial charge in [0.25, 0.3) is 0 Å². The number of hydrogen-bond donors (Lipinski definition) is 2. The molecule has 1 atom stereocenters. The quantitative estimate of drug-likeness (QED) is 0.693. The minimum absolute atomic E-state index is 0.551. The molecule has 1 aromatic carbocycles. The van der Waals surface area contributed by atoms with Gasteiger partial charge in [-0.25, -0.2) is 0 Å². The second kappa shape index (κ2) is 4.22. The second-order valence-corrected chi connectivity index (χ2v) is 4.56. The van der Waals surface area contributed by atoms with Gasteiger partial charge in [-0.1, -0.05) is 6.07 Å². The zero-order chi connectivity index (χ0) is 11.7. The Morgan fingerprint density at radius 1 is 1.25 bits per heavy atom. The van der Waals surface area contributed by atoms with Crippen LogP contribution in [0.25, 0.3) is 0 Å². The monoisotopic (exact) mass is 220 g/mol. The molecule has 0 aliphatic carbocycles. The van der Waals surface area contributed by atoms with E-state index in [0.29, 0.717) is 17.4 Å². The Balaban J connectivity index is 2.22. The van der Waals surface area contributed by atoms with E-state index in [1.807, 2.05) is 18.2 Å². The van der Waals surface area contributed by atoms with Gasteiger partial charge in [0.05, 0.1) is 17.1 Å². The van der Waals surface area contributed by atoms with Gasteiger partial charge in [0.15, 0.2) is 0 Å². The molecule has 0 spiro atoms. The van der Waals surface area contributed by atoms with Crippen LogP contribution in [0.1, 0.15) is 6.92 Å². The maximum Gasteiger partial charge on any atom is 0.0785 e. The van der Waals surface area contributed by atoms with Crippen LogP contribution in [0.5, 0.6) is 0 Å². The molecule has 1 saturated heterocycles. The first kappa shape index (κ1) is 11.1. The van der Waals surface area contributed by atoms with Gasteiger partial charge in [-0.15, -0.1) is 0 Å². The Bertz CT molecular complexity index is 377. The van der Waals surface area contributed by atoms with Crippen LogP contribution in [0.4, 0.5) is 17.1 Å². The summed E-state index contributed by atoms with van der Waals surface area (Å²) >= 11 is 0. The van der Waals surface area contributed by atoms with Gasteiger partial charge in [-0.2, -0.15) is 0 Å². The third kappa shape index (κ3) is 1.93. The van der Waals surface area contributed by atoms with Crippen molar-refractivity contribution in [2.75, 3.05) is 43.0 Å². The van der Waals surface area contributed by atoms with Gasteiger partial charge in [-0.3, -0.25) is 0 Å². The van der Waals surface area contributed by atoms with Crippen LogP contribution in [-0.4, -0.2) is 37.6 Å². The molecule has 1 unspecified atom stereocenters. The molecule has 0 radical (unpaired) electrons. The van der Waals surface area contributed by atoms with E-state index in [9.17, 15) is 0 Å². The number of nitrogen functional groups attached to an aromatic ring is 2. The van der Waals surface area contributed by atoms with E-state index in [0.717, 1.165) is 25.3 Å². The summed E-state index contributed by atoms with van der Waals surface area (Å²) in [6.07, 6.45) is 0. The molecular weight excluding hydrogens is 200 g/mol. The van der Waals surface area contributed by atoms with Crippen molar-refractivity contribution in [1.82, 2.24) is 4.90 Å². The Hall–Kier alpha value is -1.42. The van der Waals surface area contributed by atoms with Crippen molar-refractivity contribution >= 4 is 17.1 Å². The number of likely N-dealkylation sites (N-methyl/N-ethyl adjacent to an activating group) is 1. The van der Waals surface area contributed by atoms with Gasteiger partial charge >= 0.3 is 0 Å². The molecular formula is C12H20N4. The fraction of sp³-hybridized carbons (Fsp3) is 0.500. The van der Waals surface area contributed by atoms with Crippen molar-refractivity contribution in [1.29, 1.82) is 0 Å². The molecule has 4 heteroatoms. The Kier molecular flexibility index (Phi) is 2.92. The molecule has 1 fully saturated rings. The average Bonchev–Trinajstić information content (AvgIpc) is 2.26. The second-order valence-electron chi connectivity index (χ2n) is 4.56. The molecule has 4 N–H and O–H groups in total. The lowest BCUT2D eigenvalue weighted by atomic mass is 10.1. The molecule has 1 aliphatic rings. The molecule has 1 heterocycles.